The molecule has 3 rings (SSSR count). The molecular weight excluding hydrogens is 316 g/mol. The fraction of sp³-hybridized carbons (Fsp3) is 0.556. The van der Waals surface area contributed by atoms with Crippen LogP contribution < -0.4 is 5.32 Å². The molecule has 1 fully saturated rings. The molecule has 25 heavy (non-hydrogen) atoms. The van der Waals surface area contributed by atoms with E-state index in [4.69, 9.17) is 0 Å². The first kappa shape index (κ1) is 17.4. The summed E-state index contributed by atoms with van der Waals surface area (Å²) in [4.78, 5) is 23.4. The second-order valence-corrected chi connectivity index (χ2v) is 6.60. The summed E-state index contributed by atoms with van der Waals surface area (Å²) in [5, 5.41) is 7.25. The lowest BCUT2D eigenvalue weighted by Gasteiger charge is -2.33. The van der Waals surface area contributed by atoms with Gasteiger partial charge in [-0.2, -0.15) is 5.10 Å². The predicted octanol–water partition coefficient (Wildman–Crippen LogP) is 1.67. The van der Waals surface area contributed by atoms with Gasteiger partial charge in [-0.3, -0.25) is 14.5 Å². The van der Waals surface area contributed by atoms with E-state index >= 15 is 0 Å². The maximum atomic E-state index is 12.6. The van der Waals surface area contributed by atoms with Gasteiger partial charge in [0, 0.05) is 57.9 Å². The zero-order chi connectivity index (χ0) is 17.6. The van der Waals surface area contributed by atoms with Crippen molar-refractivity contribution in [1.82, 2.24) is 24.6 Å². The van der Waals surface area contributed by atoms with E-state index in [0.717, 1.165) is 56.0 Å². The first-order valence-corrected chi connectivity index (χ1v) is 8.89. The highest BCUT2D eigenvalue weighted by molar-refractivity contribution is 5.76. The fourth-order valence-corrected chi connectivity index (χ4v) is 3.50. The number of anilines is 1. The van der Waals surface area contributed by atoms with Crippen LogP contribution in [-0.4, -0.2) is 50.7 Å². The number of hydrogen-bond acceptors (Lipinski definition) is 5. The number of amides is 1. The van der Waals surface area contributed by atoms with Crippen molar-refractivity contribution in [3.63, 3.8) is 0 Å². The summed E-state index contributed by atoms with van der Waals surface area (Å²) >= 11 is 0. The van der Waals surface area contributed by atoms with E-state index in [-0.39, 0.29) is 5.91 Å². The topological polar surface area (TPSA) is 75.9 Å². The normalized spacial score (nSPS) is 17.5. The molecule has 2 aromatic rings. The average molecular weight is 342 g/mol. The molecule has 0 saturated carbocycles. The molecule has 1 aliphatic rings. The van der Waals surface area contributed by atoms with Crippen LogP contribution in [0, 0.1) is 5.92 Å². The molecule has 2 aromatic heterocycles. The van der Waals surface area contributed by atoms with Gasteiger partial charge in [0.05, 0.1) is 5.69 Å². The standard InChI is InChI=1S/C18H26N6O/c1-19-18-16(20-9-10-21-18)12-14-4-3-11-24(13-14)17(25)6-5-15-7-8-22-23(15)2/h7-10,14H,3-6,11-13H2,1-2H3,(H,19,21). The van der Waals surface area contributed by atoms with Crippen molar-refractivity contribution in [2.45, 2.75) is 32.1 Å². The van der Waals surface area contributed by atoms with Crippen LogP contribution in [0.2, 0.25) is 0 Å². The van der Waals surface area contributed by atoms with E-state index in [1.54, 1.807) is 18.6 Å². The summed E-state index contributed by atoms with van der Waals surface area (Å²) in [5.74, 6) is 1.51. The SMILES string of the molecule is CNc1nccnc1CC1CCCN(C(=O)CCc2ccnn2C)C1. The minimum Gasteiger partial charge on any atom is -0.372 e. The number of piperidine rings is 1. The second kappa shape index (κ2) is 8.09. The minimum atomic E-state index is 0.235. The van der Waals surface area contributed by atoms with E-state index in [1.165, 1.54) is 0 Å². The molecule has 0 aromatic carbocycles. The largest absolute Gasteiger partial charge is 0.372 e. The molecule has 7 nitrogen and oxygen atoms in total. The van der Waals surface area contributed by atoms with Gasteiger partial charge in [-0.15, -0.1) is 0 Å². The van der Waals surface area contributed by atoms with Crippen LogP contribution in [0.5, 0.6) is 0 Å². The zero-order valence-electron chi connectivity index (χ0n) is 15.0. The second-order valence-electron chi connectivity index (χ2n) is 6.60. The first-order valence-electron chi connectivity index (χ1n) is 8.89. The van der Waals surface area contributed by atoms with E-state index < -0.39 is 0 Å². The average Bonchev–Trinajstić information content (AvgIpc) is 3.05. The number of carbonyl (C=O) groups excluding carboxylic acids is 1. The third kappa shape index (κ3) is 4.35. The smallest absolute Gasteiger partial charge is 0.222 e. The van der Waals surface area contributed by atoms with Crippen molar-refractivity contribution in [2.75, 3.05) is 25.5 Å². The van der Waals surface area contributed by atoms with Gasteiger partial charge >= 0.3 is 0 Å². The predicted molar refractivity (Wildman–Crippen MR) is 96.1 cm³/mol. The highest BCUT2D eigenvalue weighted by Crippen LogP contribution is 2.23. The zero-order valence-corrected chi connectivity index (χ0v) is 15.0. The molecule has 134 valence electrons. The van der Waals surface area contributed by atoms with E-state index in [2.05, 4.69) is 20.4 Å². The van der Waals surface area contributed by atoms with Crippen molar-refractivity contribution >= 4 is 11.7 Å². The summed E-state index contributed by atoms with van der Waals surface area (Å²) in [6.45, 7) is 1.67. The van der Waals surface area contributed by atoms with Gasteiger partial charge in [0.25, 0.3) is 0 Å². The van der Waals surface area contributed by atoms with E-state index in [0.29, 0.717) is 12.3 Å². The Balaban J connectivity index is 1.55. The molecule has 1 aliphatic heterocycles. The highest BCUT2D eigenvalue weighted by Gasteiger charge is 2.25. The van der Waals surface area contributed by atoms with Gasteiger partial charge in [0.15, 0.2) is 0 Å². The number of likely N-dealkylation sites (tertiary alicyclic amines) is 1. The molecule has 1 atom stereocenters. The number of carbonyl (C=O) groups is 1. The molecule has 1 saturated heterocycles. The third-order valence-electron chi connectivity index (χ3n) is 4.88. The Morgan fingerprint density at radius 2 is 2.16 bits per heavy atom. The summed E-state index contributed by atoms with van der Waals surface area (Å²) in [5.41, 5.74) is 2.08. The van der Waals surface area contributed by atoms with Crippen LogP contribution >= 0.6 is 0 Å². The first-order chi connectivity index (χ1) is 12.2. The van der Waals surface area contributed by atoms with Crippen molar-refractivity contribution < 1.29 is 4.79 Å². The molecular formula is C18H26N6O. The molecule has 0 spiro atoms. The van der Waals surface area contributed by atoms with Gasteiger partial charge in [0.1, 0.15) is 5.82 Å². The van der Waals surface area contributed by atoms with Crippen LogP contribution in [0.4, 0.5) is 5.82 Å². The quantitative estimate of drug-likeness (QED) is 0.864. The number of aryl methyl sites for hydroxylation is 2. The number of rotatable bonds is 6. The minimum absolute atomic E-state index is 0.235. The van der Waals surface area contributed by atoms with Gasteiger partial charge in [0.2, 0.25) is 5.91 Å². The molecule has 0 aliphatic carbocycles. The van der Waals surface area contributed by atoms with E-state index in [1.807, 2.05) is 29.7 Å². The van der Waals surface area contributed by atoms with Gasteiger partial charge in [-0.05, 0) is 37.7 Å². The summed E-state index contributed by atoms with van der Waals surface area (Å²) < 4.78 is 1.83. The van der Waals surface area contributed by atoms with Crippen LogP contribution in [0.25, 0.3) is 0 Å². The monoisotopic (exact) mass is 342 g/mol. The van der Waals surface area contributed by atoms with Gasteiger partial charge in [-0.25, -0.2) is 4.98 Å². The lowest BCUT2D eigenvalue weighted by Crippen LogP contribution is -2.40. The third-order valence-corrected chi connectivity index (χ3v) is 4.88. The van der Waals surface area contributed by atoms with Crippen molar-refractivity contribution in [3.05, 3.63) is 36.0 Å². The maximum absolute atomic E-state index is 12.6. The Bertz CT molecular complexity index is 713. The van der Waals surface area contributed by atoms with Crippen molar-refractivity contribution in [2.24, 2.45) is 13.0 Å². The Hall–Kier alpha value is -2.44. The van der Waals surface area contributed by atoms with Crippen LogP contribution in [0.1, 0.15) is 30.7 Å². The summed E-state index contributed by atoms with van der Waals surface area (Å²) in [6, 6.07) is 1.97. The number of nitrogens with zero attached hydrogens (tertiary/aromatic N) is 5. The molecule has 0 bridgehead atoms. The van der Waals surface area contributed by atoms with Crippen molar-refractivity contribution in [3.8, 4) is 0 Å². The molecule has 3 heterocycles. The van der Waals surface area contributed by atoms with Crippen LogP contribution in [-0.2, 0) is 24.7 Å². The summed E-state index contributed by atoms with van der Waals surface area (Å²) in [6.07, 6.45) is 9.53. The Labute approximate surface area is 148 Å². The summed E-state index contributed by atoms with van der Waals surface area (Å²) in [7, 11) is 3.78. The lowest BCUT2D eigenvalue weighted by molar-refractivity contribution is -0.133. The number of nitrogens with one attached hydrogen (secondary N) is 1. The molecule has 7 heteroatoms. The maximum Gasteiger partial charge on any atom is 0.222 e. The molecule has 1 N–H and O–H groups in total. The number of hydrogen-bond donors (Lipinski definition) is 1. The highest BCUT2D eigenvalue weighted by atomic mass is 16.2. The van der Waals surface area contributed by atoms with Gasteiger partial charge < -0.3 is 10.2 Å². The fourth-order valence-electron chi connectivity index (χ4n) is 3.50. The Morgan fingerprint density at radius 3 is 2.92 bits per heavy atom. The van der Waals surface area contributed by atoms with Crippen LogP contribution in [0.3, 0.4) is 0 Å². The van der Waals surface area contributed by atoms with Gasteiger partial charge in [-0.1, -0.05) is 0 Å². The molecule has 1 amide bonds. The Kier molecular flexibility index (Phi) is 5.63. The molecule has 1 unspecified atom stereocenters. The lowest BCUT2D eigenvalue weighted by atomic mass is 9.93. The number of aromatic nitrogens is 4. The van der Waals surface area contributed by atoms with Crippen molar-refractivity contribution in [1.29, 1.82) is 0 Å². The molecule has 0 radical (unpaired) electrons. The van der Waals surface area contributed by atoms with Crippen LogP contribution in [0.15, 0.2) is 24.7 Å². The van der Waals surface area contributed by atoms with E-state index in [9.17, 15) is 4.79 Å². The Morgan fingerprint density at radius 1 is 1.32 bits per heavy atom.